The van der Waals surface area contributed by atoms with E-state index in [1.165, 1.54) is 0 Å². The maximum atomic E-state index is 12.2. The molecule has 0 saturated heterocycles. The second-order valence-electron chi connectivity index (χ2n) is 3.04. The molecule has 78 valence electrons. The van der Waals surface area contributed by atoms with E-state index in [0.29, 0.717) is 12.8 Å². The lowest BCUT2D eigenvalue weighted by Crippen LogP contribution is -2.41. The van der Waals surface area contributed by atoms with Crippen LogP contribution in [-0.2, 0) is 4.74 Å². The van der Waals surface area contributed by atoms with E-state index in [-0.39, 0.29) is 12.8 Å². The van der Waals surface area contributed by atoms with Crippen LogP contribution in [0.1, 0.15) is 25.7 Å². The molecule has 0 aromatic carbocycles. The minimum Gasteiger partial charge on any atom is -0.310 e. The van der Waals surface area contributed by atoms with Crippen LogP contribution in [0, 0.1) is 0 Å². The summed E-state index contributed by atoms with van der Waals surface area (Å²) >= 11 is 0. The van der Waals surface area contributed by atoms with Crippen molar-refractivity contribution in [3.8, 4) is 0 Å². The SMILES string of the molecule is FC(F)(F)C(F)(F)OC1CCCC1. The van der Waals surface area contributed by atoms with Crippen LogP contribution in [0.3, 0.4) is 0 Å². The van der Waals surface area contributed by atoms with Gasteiger partial charge in [0.2, 0.25) is 0 Å². The zero-order valence-electron chi connectivity index (χ0n) is 6.70. The molecule has 0 atom stereocenters. The normalized spacial score (nSPS) is 21.0. The quantitative estimate of drug-likeness (QED) is 0.628. The summed E-state index contributed by atoms with van der Waals surface area (Å²) in [4.78, 5) is 0. The van der Waals surface area contributed by atoms with Gasteiger partial charge >= 0.3 is 12.3 Å². The summed E-state index contributed by atoms with van der Waals surface area (Å²) in [6.07, 6.45) is -9.68. The molecular weight excluding hydrogens is 195 g/mol. The van der Waals surface area contributed by atoms with Gasteiger partial charge in [-0.25, -0.2) is 0 Å². The van der Waals surface area contributed by atoms with E-state index in [1.54, 1.807) is 0 Å². The van der Waals surface area contributed by atoms with E-state index >= 15 is 0 Å². The van der Waals surface area contributed by atoms with Gasteiger partial charge in [0.1, 0.15) is 0 Å². The predicted octanol–water partition coefficient (Wildman–Crippen LogP) is 3.10. The van der Waals surface area contributed by atoms with Gasteiger partial charge in [-0.15, -0.1) is 0 Å². The summed E-state index contributed by atoms with van der Waals surface area (Å²) in [5, 5.41) is 0. The molecule has 1 rings (SSSR count). The van der Waals surface area contributed by atoms with E-state index < -0.39 is 18.4 Å². The molecular formula is C7H9F5O. The molecule has 0 amide bonds. The molecule has 1 fully saturated rings. The van der Waals surface area contributed by atoms with E-state index in [1.807, 2.05) is 0 Å². The van der Waals surface area contributed by atoms with E-state index in [4.69, 9.17) is 0 Å². The lowest BCUT2D eigenvalue weighted by atomic mass is 10.3. The average Bonchev–Trinajstić information content (AvgIpc) is 2.35. The Kier molecular flexibility index (Phi) is 2.79. The fraction of sp³-hybridized carbons (Fsp3) is 1.00. The molecule has 0 heterocycles. The van der Waals surface area contributed by atoms with Crippen LogP contribution in [0.5, 0.6) is 0 Å². The van der Waals surface area contributed by atoms with Crippen molar-refractivity contribution >= 4 is 0 Å². The smallest absolute Gasteiger partial charge is 0.310 e. The molecule has 0 unspecified atom stereocenters. The van der Waals surface area contributed by atoms with Crippen LogP contribution < -0.4 is 0 Å². The standard InChI is InChI=1S/C7H9F5O/c8-6(9,10)7(11,12)13-5-3-1-2-4-5/h5H,1-4H2. The van der Waals surface area contributed by atoms with Crippen molar-refractivity contribution in [1.29, 1.82) is 0 Å². The maximum Gasteiger partial charge on any atom is 0.482 e. The summed E-state index contributed by atoms with van der Waals surface area (Å²) < 4.78 is 63.0. The molecule has 0 N–H and O–H groups in total. The molecule has 6 heteroatoms. The van der Waals surface area contributed by atoms with Gasteiger partial charge in [0, 0.05) is 0 Å². The number of halogens is 5. The Balaban J connectivity index is 2.50. The second kappa shape index (κ2) is 3.40. The lowest BCUT2D eigenvalue weighted by Gasteiger charge is -2.22. The van der Waals surface area contributed by atoms with Gasteiger partial charge in [0.05, 0.1) is 6.10 Å². The topological polar surface area (TPSA) is 9.23 Å². The third-order valence-corrected chi connectivity index (χ3v) is 1.95. The highest BCUT2D eigenvalue weighted by atomic mass is 19.4. The van der Waals surface area contributed by atoms with Gasteiger partial charge in [-0.1, -0.05) is 12.8 Å². The van der Waals surface area contributed by atoms with Crippen molar-refractivity contribution in [2.24, 2.45) is 0 Å². The molecule has 0 spiro atoms. The van der Waals surface area contributed by atoms with Crippen LogP contribution in [0.25, 0.3) is 0 Å². The number of rotatable bonds is 2. The van der Waals surface area contributed by atoms with E-state index in [0.717, 1.165) is 0 Å². The first-order valence-corrected chi connectivity index (χ1v) is 3.95. The van der Waals surface area contributed by atoms with Gasteiger partial charge in [-0.2, -0.15) is 22.0 Å². The maximum absolute atomic E-state index is 12.2. The van der Waals surface area contributed by atoms with Crippen LogP contribution in [0.15, 0.2) is 0 Å². The zero-order chi connectivity index (χ0) is 10.1. The summed E-state index contributed by atoms with van der Waals surface area (Å²) in [7, 11) is 0. The molecule has 0 aliphatic heterocycles. The Hall–Kier alpha value is -0.390. The molecule has 0 radical (unpaired) electrons. The van der Waals surface area contributed by atoms with Crippen molar-refractivity contribution in [2.75, 3.05) is 0 Å². The first kappa shape index (κ1) is 10.7. The van der Waals surface area contributed by atoms with Crippen LogP contribution in [0.2, 0.25) is 0 Å². The fourth-order valence-corrected chi connectivity index (χ4v) is 1.28. The van der Waals surface area contributed by atoms with Crippen LogP contribution >= 0.6 is 0 Å². The van der Waals surface area contributed by atoms with Gasteiger partial charge in [-0.05, 0) is 12.8 Å². The highest BCUT2D eigenvalue weighted by Gasteiger charge is 2.60. The first-order valence-electron chi connectivity index (χ1n) is 3.95. The van der Waals surface area contributed by atoms with Gasteiger partial charge < -0.3 is 4.74 Å². The van der Waals surface area contributed by atoms with Gasteiger partial charge in [0.15, 0.2) is 0 Å². The molecule has 0 aromatic rings. The van der Waals surface area contributed by atoms with E-state index in [9.17, 15) is 22.0 Å². The predicted molar refractivity (Wildman–Crippen MR) is 34.3 cm³/mol. The minimum absolute atomic E-state index is 0.283. The Morgan fingerprint density at radius 1 is 0.923 bits per heavy atom. The van der Waals surface area contributed by atoms with Crippen molar-refractivity contribution in [2.45, 2.75) is 44.1 Å². The number of hydrogen-bond acceptors (Lipinski definition) is 1. The lowest BCUT2D eigenvalue weighted by molar-refractivity contribution is -0.401. The molecule has 13 heavy (non-hydrogen) atoms. The Morgan fingerprint density at radius 3 is 1.77 bits per heavy atom. The van der Waals surface area contributed by atoms with Crippen LogP contribution in [-0.4, -0.2) is 18.4 Å². The van der Waals surface area contributed by atoms with E-state index in [2.05, 4.69) is 4.74 Å². The van der Waals surface area contributed by atoms with Gasteiger partial charge in [0.25, 0.3) is 0 Å². The molecule has 1 aliphatic carbocycles. The largest absolute Gasteiger partial charge is 0.482 e. The third kappa shape index (κ3) is 2.52. The van der Waals surface area contributed by atoms with Crippen LogP contribution in [0.4, 0.5) is 22.0 Å². The zero-order valence-corrected chi connectivity index (χ0v) is 6.70. The van der Waals surface area contributed by atoms with Gasteiger partial charge in [-0.3, -0.25) is 0 Å². The Labute approximate surface area is 71.9 Å². The second-order valence-corrected chi connectivity index (χ2v) is 3.04. The summed E-state index contributed by atoms with van der Waals surface area (Å²) in [5.74, 6) is 0. The molecule has 0 aromatic heterocycles. The highest BCUT2D eigenvalue weighted by Crippen LogP contribution is 2.39. The van der Waals surface area contributed by atoms with Crippen molar-refractivity contribution in [3.05, 3.63) is 0 Å². The van der Waals surface area contributed by atoms with Crippen molar-refractivity contribution in [1.82, 2.24) is 0 Å². The number of hydrogen-bond donors (Lipinski definition) is 0. The molecule has 1 nitrogen and oxygen atoms in total. The minimum atomic E-state index is -5.60. The summed E-state index contributed by atoms with van der Waals surface area (Å²) in [5.41, 5.74) is 0. The summed E-state index contributed by atoms with van der Waals surface area (Å²) in [6.45, 7) is 0. The molecule has 1 saturated carbocycles. The van der Waals surface area contributed by atoms with Crippen molar-refractivity contribution < 1.29 is 26.7 Å². The molecule has 1 aliphatic rings. The van der Waals surface area contributed by atoms with Crippen molar-refractivity contribution in [3.63, 3.8) is 0 Å². The Morgan fingerprint density at radius 2 is 1.38 bits per heavy atom. The highest BCUT2D eigenvalue weighted by molar-refractivity contribution is 4.72. The summed E-state index contributed by atoms with van der Waals surface area (Å²) in [6, 6.07) is 0. The third-order valence-electron chi connectivity index (χ3n) is 1.95. The number of ether oxygens (including phenoxy) is 1. The number of alkyl halides is 5. The molecule has 0 bridgehead atoms. The fourth-order valence-electron chi connectivity index (χ4n) is 1.28. The Bertz CT molecular complexity index is 170. The monoisotopic (exact) mass is 204 g/mol. The average molecular weight is 204 g/mol. The first-order chi connectivity index (χ1) is 5.83.